The normalized spacial score (nSPS) is 11.2. The van der Waals surface area contributed by atoms with E-state index in [9.17, 15) is 0 Å². The van der Waals surface area contributed by atoms with Crippen molar-refractivity contribution in [2.75, 3.05) is 5.73 Å². The lowest BCUT2D eigenvalue weighted by Crippen LogP contribution is -2.00. The third kappa shape index (κ3) is 4.55. The van der Waals surface area contributed by atoms with Gasteiger partial charge in [0, 0.05) is 35.8 Å². The average Bonchev–Trinajstić information content (AvgIpc) is 3.27. The van der Waals surface area contributed by atoms with E-state index in [0.29, 0.717) is 17.4 Å². The highest BCUT2D eigenvalue weighted by Gasteiger charge is 2.17. The minimum Gasteiger partial charge on any atom is -0.486 e. The third-order valence-corrected chi connectivity index (χ3v) is 5.74. The molecule has 5 rings (SSSR count). The Kier molecular flexibility index (Phi) is 6.20. The first-order valence-electron chi connectivity index (χ1n) is 11.5. The van der Waals surface area contributed by atoms with Crippen LogP contribution in [0, 0.1) is 12.7 Å². The van der Waals surface area contributed by atoms with Crippen molar-refractivity contribution < 1.29 is 13.9 Å². The average molecular weight is 485 g/mol. The second-order valence-electron chi connectivity index (χ2n) is 8.62. The molecule has 36 heavy (non-hydrogen) atoms. The van der Waals surface area contributed by atoms with Gasteiger partial charge in [0.25, 0.3) is 0 Å². The molecule has 2 N–H and O–H groups in total. The van der Waals surface area contributed by atoms with Crippen LogP contribution in [0.15, 0.2) is 67.4 Å². The van der Waals surface area contributed by atoms with Gasteiger partial charge in [-0.25, -0.2) is 19.9 Å². The van der Waals surface area contributed by atoms with Crippen molar-refractivity contribution in [2.45, 2.75) is 33.4 Å². The van der Waals surface area contributed by atoms with Crippen molar-refractivity contribution in [1.82, 2.24) is 24.5 Å². The van der Waals surface area contributed by atoms with E-state index in [1.54, 1.807) is 49.6 Å². The predicted octanol–water partition coefficient (Wildman–Crippen LogP) is 5.87. The van der Waals surface area contributed by atoms with Gasteiger partial charge in [-0.15, -0.1) is 0 Å². The molecule has 5 aromatic rings. The van der Waals surface area contributed by atoms with Crippen LogP contribution in [0.5, 0.6) is 17.2 Å². The number of aromatic nitrogens is 5. The summed E-state index contributed by atoms with van der Waals surface area (Å²) in [4.78, 5) is 16.8. The molecule has 0 aliphatic rings. The van der Waals surface area contributed by atoms with Crippen LogP contribution in [0.4, 0.5) is 10.2 Å². The monoisotopic (exact) mass is 484 g/mol. The fourth-order valence-electron chi connectivity index (χ4n) is 3.89. The molecular formula is C27H25FN6O2. The summed E-state index contributed by atoms with van der Waals surface area (Å²) in [6.07, 6.45) is 6.80. The highest BCUT2D eigenvalue weighted by atomic mass is 19.1. The zero-order valence-electron chi connectivity index (χ0n) is 20.1. The fourth-order valence-corrected chi connectivity index (χ4v) is 3.89. The molecule has 0 radical (unpaired) electrons. The largest absolute Gasteiger partial charge is 0.486 e. The number of nitrogens with zero attached hydrogens (tertiary/aromatic N) is 5. The quantitative estimate of drug-likeness (QED) is 0.308. The van der Waals surface area contributed by atoms with E-state index < -0.39 is 5.82 Å². The number of hydrogen-bond donors (Lipinski definition) is 1. The van der Waals surface area contributed by atoms with E-state index in [4.69, 9.17) is 15.2 Å². The lowest BCUT2D eigenvalue weighted by atomic mass is 10.1. The Hall–Kier alpha value is -4.53. The van der Waals surface area contributed by atoms with E-state index in [-0.39, 0.29) is 24.1 Å². The maximum Gasteiger partial charge on any atom is 0.207 e. The highest BCUT2D eigenvalue weighted by molar-refractivity contribution is 6.00. The van der Waals surface area contributed by atoms with Gasteiger partial charge in [0.1, 0.15) is 36.0 Å². The molecule has 0 spiro atoms. The van der Waals surface area contributed by atoms with Gasteiger partial charge in [-0.1, -0.05) is 18.2 Å². The Labute approximate surface area is 207 Å². The molecule has 182 valence electrons. The number of nitrogen functional groups attached to an aromatic ring is 1. The number of rotatable bonds is 7. The van der Waals surface area contributed by atoms with Gasteiger partial charge in [0.05, 0.1) is 5.39 Å². The molecule has 8 nitrogen and oxygen atoms in total. The van der Waals surface area contributed by atoms with Gasteiger partial charge in [0.15, 0.2) is 11.5 Å². The summed E-state index contributed by atoms with van der Waals surface area (Å²) in [6.45, 7) is 6.11. The third-order valence-electron chi connectivity index (χ3n) is 5.74. The van der Waals surface area contributed by atoms with Crippen LogP contribution < -0.4 is 15.2 Å². The van der Waals surface area contributed by atoms with Crippen LogP contribution in [0.2, 0.25) is 0 Å². The van der Waals surface area contributed by atoms with E-state index >= 15 is 4.39 Å². The van der Waals surface area contributed by atoms with Gasteiger partial charge < -0.3 is 19.8 Å². The molecule has 0 bridgehead atoms. The topological polar surface area (TPSA) is 101 Å². The van der Waals surface area contributed by atoms with Crippen LogP contribution in [0.1, 0.15) is 31.3 Å². The van der Waals surface area contributed by atoms with Gasteiger partial charge in [0.2, 0.25) is 5.82 Å². The molecule has 0 saturated carbocycles. The second-order valence-corrected chi connectivity index (χ2v) is 8.62. The SMILES string of the molecule is Cc1ncc(COc2cccc(Oc3ccc(-c4cn(C(C)C)c5ncnc(N)c45)cc3)c2F)cn1. The molecular weight excluding hydrogens is 459 g/mol. The molecule has 0 fully saturated rings. The number of anilines is 1. The standard InChI is InChI=1S/C27H25FN6O2/c1-16(2)34-13-21(24-26(29)32-15-33-27(24)34)19-7-9-20(10-8-19)36-23-6-4-5-22(25(23)28)35-14-18-11-30-17(3)31-12-18/h4-13,15-16H,14H2,1-3H3,(H2,29,32,33). The minimum atomic E-state index is -0.584. The lowest BCUT2D eigenvalue weighted by Gasteiger charge is -2.11. The summed E-state index contributed by atoms with van der Waals surface area (Å²) in [5.74, 6) is 1.13. The number of hydrogen-bond acceptors (Lipinski definition) is 7. The van der Waals surface area contributed by atoms with Gasteiger partial charge >= 0.3 is 0 Å². The highest BCUT2D eigenvalue weighted by Crippen LogP contribution is 2.36. The summed E-state index contributed by atoms with van der Waals surface area (Å²) in [5, 5.41) is 0.801. The minimum absolute atomic E-state index is 0.0643. The van der Waals surface area contributed by atoms with Crippen LogP contribution >= 0.6 is 0 Å². The number of fused-ring (bicyclic) bond motifs is 1. The Morgan fingerprint density at radius 2 is 1.69 bits per heavy atom. The summed E-state index contributed by atoms with van der Waals surface area (Å²) < 4.78 is 28.6. The zero-order valence-corrected chi connectivity index (χ0v) is 20.1. The summed E-state index contributed by atoms with van der Waals surface area (Å²) in [7, 11) is 0. The molecule has 0 atom stereocenters. The molecule has 0 saturated heterocycles. The maximum absolute atomic E-state index is 15.1. The Bertz CT molecular complexity index is 1510. The Morgan fingerprint density at radius 1 is 0.972 bits per heavy atom. The molecule has 9 heteroatoms. The van der Waals surface area contributed by atoms with Crippen molar-refractivity contribution in [1.29, 1.82) is 0 Å². The molecule has 0 aliphatic carbocycles. The lowest BCUT2D eigenvalue weighted by molar-refractivity contribution is 0.284. The summed E-state index contributed by atoms with van der Waals surface area (Å²) in [5.41, 5.74) is 9.56. The van der Waals surface area contributed by atoms with Gasteiger partial charge in [-0.2, -0.15) is 4.39 Å². The number of ether oxygens (including phenoxy) is 2. The van der Waals surface area contributed by atoms with Crippen molar-refractivity contribution in [2.24, 2.45) is 0 Å². The zero-order chi connectivity index (χ0) is 25.2. The van der Waals surface area contributed by atoms with Gasteiger partial charge in [-0.05, 0) is 50.6 Å². The van der Waals surface area contributed by atoms with E-state index in [1.807, 2.05) is 18.3 Å². The van der Waals surface area contributed by atoms with Crippen molar-refractivity contribution in [3.05, 3.63) is 84.6 Å². The van der Waals surface area contributed by atoms with Crippen LogP contribution in [0.3, 0.4) is 0 Å². The van der Waals surface area contributed by atoms with E-state index in [0.717, 1.165) is 27.7 Å². The van der Waals surface area contributed by atoms with Gasteiger partial charge in [-0.3, -0.25) is 0 Å². The number of nitrogens with two attached hydrogens (primary N) is 1. The maximum atomic E-state index is 15.1. The van der Waals surface area contributed by atoms with E-state index in [2.05, 4.69) is 38.4 Å². The Balaban J connectivity index is 1.36. The molecule has 0 aliphatic heterocycles. The predicted molar refractivity (Wildman–Crippen MR) is 135 cm³/mol. The first-order chi connectivity index (χ1) is 17.4. The molecule has 0 unspecified atom stereocenters. The first kappa shape index (κ1) is 23.2. The summed E-state index contributed by atoms with van der Waals surface area (Å²) in [6, 6.07) is 12.4. The van der Waals surface area contributed by atoms with Crippen LogP contribution in [-0.2, 0) is 6.61 Å². The van der Waals surface area contributed by atoms with Crippen molar-refractivity contribution in [3.63, 3.8) is 0 Å². The second kappa shape index (κ2) is 9.61. The van der Waals surface area contributed by atoms with Crippen molar-refractivity contribution >= 4 is 16.9 Å². The van der Waals surface area contributed by atoms with E-state index in [1.165, 1.54) is 6.33 Å². The van der Waals surface area contributed by atoms with Crippen molar-refractivity contribution in [3.8, 4) is 28.4 Å². The van der Waals surface area contributed by atoms with Crippen LogP contribution in [0.25, 0.3) is 22.2 Å². The molecule has 3 heterocycles. The fraction of sp³-hybridized carbons (Fsp3) is 0.185. The number of aryl methyl sites for hydroxylation is 1. The number of halogens is 1. The first-order valence-corrected chi connectivity index (χ1v) is 11.5. The summed E-state index contributed by atoms with van der Waals surface area (Å²) >= 11 is 0. The smallest absolute Gasteiger partial charge is 0.207 e. The number of benzene rings is 2. The van der Waals surface area contributed by atoms with Crippen LogP contribution in [-0.4, -0.2) is 24.5 Å². The molecule has 0 amide bonds. The molecule has 3 aromatic heterocycles. The molecule has 2 aromatic carbocycles. The Morgan fingerprint density at radius 3 is 2.42 bits per heavy atom.